The summed E-state index contributed by atoms with van der Waals surface area (Å²) in [5.74, 6) is -5.44. The Morgan fingerprint density at radius 3 is 2.41 bits per heavy atom. The number of nitrogens with zero attached hydrogens (tertiary/aromatic N) is 2. The van der Waals surface area contributed by atoms with Gasteiger partial charge in [0.15, 0.2) is 17.5 Å². The highest BCUT2D eigenvalue weighted by atomic mass is 19.2. The minimum absolute atomic E-state index is 0.115. The number of hydrogen-bond acceptors (Lipinski definition) is 4. The maximum absolute atomic E-state index is 13.7. The van der Waals surface area contributed by atoms with E-state index in [0.717, 1.165) is 18.0 Å². The number of amides is 1. The largest absolute Gasteiger partial charge is 0.366 e. The van der Waals surface area contributed by atoms with Gasteiger partial charge < -0.3 is 10.6 Å². The van der Waals surface area contributed by atoms with E-state index in [-0.39, 0.29) is 11.5 Å². The van der Waals surface area contributed by atoms with Crippen LogP contribution in [0.25, 0.3) is 0 Å². The summed E-state index contributed by atoms with van der Waals surface area (Å²) in [4.78, 5) is 19.9. The summed E-state index contributed by atoms with van der Waals surface area (Å²) >= 11 is 0. The number of carbonyl (C=O) groups excluding carboxylic acids is 1. The Kier molecular flexibility index (Phi) is 5.30. The molecule has 138 valence electrons. The average Bonchev–Trinajstić information content (AvgIpc) is 2.68. The molecule has 0 aliphatic carbocycles. The van der Waals surface area contributed by atoms with E-state index in [1.807, 2.05) is 0 Å². The minimum Gasteiger partial charge on any atom is -0.366 e. The molecule has 3 aromatic rings. The van der Waals surface area contributed by atoms with Gasteiger partial charge in [-0.15, -0.1) is 0 Å². The van der Waals surface area contributed by atoms with Crippen molar-refractivity contribution in [2.45, 2.75) is 6.54 Å². The average molecular weight is 376 g/mol. The zero-order chi connectivity index (χ0) is 19.4. The second-order valence-corrected chi connectivity index (χ2v) is 5.45. The summed E-state index contributed by atoms with van der Waals surface area (Å²) in [6.07, 6.45) is 1.11. The van der Waals surface area contributed by atoms with Gasteiger partial charge in [0.2, 0.25) is 0 Å². The Hall–Kier alpha value is -3.49. The van der Waals surface area contributed by atoms with Crippen LogP contribution in [-0.2, 0) is 6.54 Å². The molecule has 1 aromatic heterocycles. The predicted octanol–water partition coefficient (Wildman–Crippen LogP) is 3.90. The Morgan fingerprint density at radius 2 is 1.67 bits per heavy atom. The molecule has 2 aromatic carbocycles. The Bertz CT molecular complexity index is 980. The molecule has 0 fully saturated rings. The number of benzene rings is 2. The molecule has 0 aliphatic rings. The first kappa shape index (κ1) is 18.3. The summed E-state index contributed by atoms with van der Waals surface area (Å²) in [6.45, 7) is 0.316. The van der Waals surface area contributed by atoms with Gasteiger partial charge in [0.25, 0.3) is 5.91 Å². The monoisotopic (exact) mass is 376 g/mol. The van der Waals surface area contributed by atoms with Crippen molar-refractivity contribution < 1.29 is 22.4 Å². The van der Waals surface area contributed by atoms with E-state index >= 15 is 0 Å². The second-order valence-electron chi connectivity index (χ2n) is 5.45. The second kappa shape index (κ2) is 7.81. The van der Waals surface area contributed by atoms with Crippen molar-refractivity contribution in [3.8, 4) is 0 Å². The molecule has 3 rings (SSSR count). The molecule has 0 saturated carbocycles. The number of halogens is 4. The van der Waals surface area contributed by atoms with Crippen LogP contribution in [0.5, 0.6) is 0 Å². The van der Waals surface area contributed by atoms with Gasteiger partial charge in [-0.25, -0.2) is 27.5 Å². The first-order valence-electron chi connectivity index (χ1n) is 7.69. The lowest BCUT2D eigenvalue weighted by molar-refractivity contribution is 0.102. The first-order valence-corrected chi connectivity index (χ1v) is 7.69. The fraction of sp³-hybridized carbons (Fsp3) is 0.0556. The molecule has 0 saturated heterocycles. The van der Waals surface area contributed by atoms with E-state index in [9.17, 15) is 22.4 Å². The zero-order valence-electron chi connectivity index (χ0n) is 13.6. The van der Waals surface area contributed by atoms with Crippen molar-refractivity contribution >= 4 is 17.4 Å². The van der Waals surface area contributed by atoms with Gasteiger partial charge in [-0.3, -0.25) is 4.79 Å². The van der Waals surface area contributed by atoms with E-state index in [4.69, 9.17) is 0 Å². The van der Waals surface area contributed by atoms with E-state index in [1.54, 1.807) is 12.1 Å². The van der Waals surface area contributed by atoms with Gasteiger partial charge in [0, 0.05) is 12.6 Å². The number of aromatic nitrogens is 2. The third-order valence-corrected chi connectivity index (χ3v) is 3.57. The fourth-order valence-electron chi connectivity index (χ4n) is 2.18. The summed E-state index contributed by atoms with van der Waals surface area (Å²) < 4.78 is 52.7. The molecule has 2 N–H and O–H groups in total. The molecular formula is C18H12F4N4O. The Morgan fingerprint density at radius 1 is 0.926 bits per heavy atom. The lowest BCUT2D eigenvalue weighted by Crippen LogP contribution is -2.16. The number of nitrogens with one attached hydrogen (secondary N) is 2. The molecule has 0 atom stereocenters. The molecule has 0 spiro atoms. The Balaban J connectivity index is 1.70. The third-order valence-electron chi connectivity index (χ3n) is 3.57. The summed E-state index contributed by atoms with van der Waals surface area (Å²) in [5, 5.41) is 5.05. The highest BCUT2D eigenvalue weighted by molar-refractivity contribution is 6.03. The number of anilines is 2. The van der Waals surface area contributed by atoms with Crippen LogP contribution in [0.3, 0.4) is 0 Å². The van der Waals surface area contributed by atoms with E-state index < -0.39 is 29.0 Å². The normalized spacial score (nSPS) is 10.5. The smallest absolute Gasteiger partial charge is 0.274 e. The molecule has 27 heavy (non-hydrogen) atoms. The molecular weight excluding hydrogens is 364 g/mol. The van der Waals surface area contributed by atoms with E-state index in [1.165, 1.54) is 18.2 Å². The number of rotatable bonds is 5. The van der Waals surface area contributed by atoms with Crippen LogP contribution in [0.15, 0.2) is 48.8 Å². The quantitative estimate of drug-likeness (QED) is 0.524. The van der Waals surface area contributed by atoms with Gasteiger partial charge in [-0.2, -0.15) is 0 Å². The summed E-state index contributed by atoms with van der Waals surface area (Å²) in [7, 11) is 0. The molecule has 9 heteroatoms. The highest BCUT2D eigenvalue weighted by Crippen LogP contribution is 2.20. The van der Waals surface area contributed by atoms with Gasteiger partial charge in [-0.05, 0) is 29.8 Å². The molecule has 0 bridgehead atoms. The maximum atomic E-state index is 13.7. The first-order chi connectivity index (χ1) is 12.9. The standard InChI is InChI=1S/C18H12F4N4O/c19-11-3-1-10(2-4-11)8-23-15-7-14(24-9-25-15)18(27)26-13-6-5-12(20)16(21)17(13)22/h1-7,9H,8H2,(H,26,27)(H,23,24,25). The van der Waals surface area contributed by atoms with Gasteiger partial charge in [0.05, 0.1) is 5.69 Å². The van der Waals surface area contributed by atoms with Crippen molar-refractivity contribution in [3.05, 3.63) is 83.3 Å². The van der Waals surface area contributed by atoms with Crippen molar-refractivity contribution in [2.75, 3.05) is 10.6 Å². The summed E-state index contributed by atoms with van der Waals surface area (Å²) in [6, 6.07) is 8.70. The molecule has 1 heterocycles. The van der Waals surface area contributed by atoms with Crippen molar-refractivity contribution in [2.24, 2.45) is 0 Å². The fourth-order valence-corrected chi connectivity index (χ4v) is 2.18. The molecule has 0 radical (unpaired) electrons. The maximum Gasteiger partial charge on any atom is 0.274 e. The van der Waals surface area contributed by atoms with Crippen molar-refractivity contribution in [1.82, 2.24) is 9.97 Å². The van der Waals surface area contributed by atoms with Crippen LogP contribution >= 0.6 is 0 Å². The molecule has 1 amide bonds. The topological polar surface area (TPSA) is 66.9 Å². The highest BCUT2D eigenvalue weighted by Gasteiger charge is 2.17. The number of hydrogen-bond donors (Lipinski definition) is 2. The third kappa shape index (κ3) is 4.38. The SMILES string of the molecule is O=C(Nc1ccc(F)c(F)c1F)c1cc(NCc2ccc(F)cc2)ncn1. The van der Waals surface area contributed by atoms with Crippen LogP contribution in [0, 0.1) is 23.3 Å². The predicted molar refractivity (Wildman–Crippen MR) is 90.0 cm³/mol. The lowest BCUT2D eigenvalue weighted by Gasteiger charge is -2.09. The molecule has 5 nitrogen and oxygen atoms in total. The Labute approximate surface area is 151 Å². The van der Waals surface area contributed by atoms with Crippen LogP contribution in [0.2, 0.25) is 0 Å². The van der Waals surface area contributed by atoms with Crippen molar-refractivity contribution in [3.63, 3.8) is 0 Å². The van der Waals surface area contributed by atoms with Crippen LogP contribution < -0.4 is 10.6 Å². The van der Waals surface area contributed by atoms with Crippen molar-refractivity contribution in [1.29, 1.82) is 0 Å². The minimum atomic E-state index is -1.68. The molecule has 0 unspecified atom stereocenters. The molecule has 0 aliphatic heterocycles. The van der Waals surface area contributed by atoms with Gasteiger partial charge >= 0.3 is 0 Å². The van der Waals surface area contributed by atoms with E-state index in [2.05, 4.69) is 20.6 Å². The zero-order valence-corrected chi connectivity index (χ0v) is 13.6. The van der Waals surface area contributed by atoms with Crippen LogP contribution in [0.1, 0.15) is 16.1 Å². The van der Waals surface area contributed by atoms with Gasteiger partial charge in [0.1, 0.15) is 23.7 Å². The number of carbonyl (C=O) groups is 1. The van der Waals surface area contributed by atoms with Gasteiger partial charge in [-0.1, -0.05) is 12.1 Å². The lowest BCUT2D eigenvalue weighted by atomic mass is 10.2. The van der Waals surface area contributed by atoms with Crippen LogP contribution in [-0.4, -0.2) is 15.9 Å². The summed E-state index contributed by atoms with van der Waals surface area (Å²) in [5.41, 5.74) is 0.152. The van der Waals surface area contributed by atoms with Crippen LogP contribution in [0.4, 0.5) is 29.1 Å². The van der Waals surface area contributed by atoms with E-state index in [0.29, 0.717) is 18.4 Å².